The highest BCUT2D eigenvalue weighted by Gasteiger charge is 2.22. The van der Waals surface area contributed by atoms with Crippen molar-refractivity contribution in [3.05, 3.63) is 45.8 Å². The number of primary sulfonamides is 1. The zero-order chi connectivity index (χ0) is 18.1. The molecular weight excluding hydrogens is 383 g/mol. The van der Waals surface area contributed by atoms with Gasteiger partial charge in [-0.05, 0) is 29.8 Å². The highest BCUT2D eigenvalue weighted by atomic mass is 35.5. The van der Waals surface area contributed by atoms with Crippen LogP contribution in [0, 0.1) is 5.21 Å². The number of phenolic OH excluding ortho intramolecular Hbond substituents is 1. The number of nitrogens with one attached hydrogen (secondary N) is 2. The van der Waals surface area contributed by atoms with Crippen molar-refractivity contribution in [3.8, 4) is 5.75 Å². The summed E-state index contributed by atoms with van der Waals surface area (Å²) in [5, 5.41) is 30.1. The number of rotatable bonds is 3. The smallest absolute Gasteiger partial charge is 0.324 e. The molecule has 1 heterocycles. The highest BCUT2D eigenvalue weighted by Crippen LogP contribution is 2.36. The predicted octanol–water partition coefficient (Wildman–Crippen LogP) is 1.62. The number of hydrogen-bond acceptors (Lipinski definition) is 5. The van der Waals surface area contributed by atoms with Crippen molar-refractivity contribution in [2.45, 2.75) is 4.90 Å². The third-order valence-corrected chi connectivity index (χ3v) is 4.54. The van der Waals surface area contributed by atoms with Gasteiger partial charge in [0, 0.05) is 6.07 Å². The number of amides is 2. The van der Waals surface area contributed by atoms with E-state index in [1.807, 2.05) is 0 Å². The van der Waals surface area contributed by atoms with E-state index in [0.717, 1.165) is 12.3 Å². The molecule has 0 unspecified atom stereocenters. The summed E-state index contributed by atoms with van der Waals surface area (Å²) >= 11 is 11.4. The lowest BCUT2D eigenvalue weighted by atomic mass is 10.3. The van der Waals surface area contributed by atoms with Gasteiger partial charge in [-0.1, -0.05) is 11.6 Å². The molecule has 0 fully saturated rings. The van der Waals surface area contributed by atoms with E-state index in [1.165, 1.54) is 18.2 Å². The molecule has 0 radical (unpaired) electrons. The fraction of sp³-hybridized carbons (Fsp3) is 0. The van der Waals surface area contributed by atoms with Gasteiger partial charge in [-0.3, -0.25) is 0 Å². The summed E-state index contributed by atoms with van der Waals surface area (Å²) in [6.07, 6.45) is 1.13. The van der Waals surface area contributed by atoms with Gasteiger partial charge < -0.3 is 20.9 Å². The molecule has 0 aliphatic carbocycles. The molecule has 9 nitrogen and oxygen atoms in total. The number of benzene rings is 1. The van der Waals surface area contributed by atoms with Crippen molar-refractivity contribution >= 4 is 50.6 Å². The molecule has 0 bridgehead atoms. The van der Waals surface area contributed by atoms with Crippen LogP contribution in [0.1, 0.15) is 0 Å². The van der Waals surface area contributed by atoms with E-state index in [9.17, 15) is 23.5 Å². The van der Waals surface area contributed by atoms with E-state index in [2.05, 4.69) is 10.6 Å². The fourth-order valence-electron chi connectivity index (χ4n) is 1.76. The minimum atomic E-state index is -4.31. The first-order valence-electron chi connectivity index (χ1n) is 6.11. The molecule has 0 aliphatic heterocycles. The first kappa shape index (κ1) is 18.1. The lowest BCUT2D eigenvalue weighted by Gasteiger charge is -2.12. The molecule has 2 rings (SSSR count). The topological polar surface area (TPSA) is 148 Å². The van der Waals surface area contributed by atoms with E-state index in [1.54, 1.807) is 0 Å². The first-order valence-corrected chi connectivity index (χ1v) is 8.41. The number of carbonyl (C=O) groups is 1. The Morgan fingerprint density at radius 2 is 1.83 bits per heavy atom. The maximum Gasteiger partial charge on any atom is 0.324 e. The van der Waals surface area contributed by atoms with Gasteiger partial charge in [0.15, 0.2) is 11.9 Å². The van der Waals surface area contributed by atoms with E-state index < -0.39 is 26.7 Å². The van der Waals surface area contributed by atoms with Crippen LogP contribution in [0.3, 0.4) is 0 Å². The number of hydrogen-bond donors (Lipinski definition) is 4. The van der Waals surface area contributed by atoms with Crippen molar-refractivity contribution < 1.29 is 23.0 Å². The Bertz CT molecular complexity index is 920. The largest absolute Gasteiger partial charge is 0.618 e. The van der Waals surface area contributed by atoms with E-state index in [-0.39, 0.29) is 21.6 Å². The molecule has 5 N–H and O–H groups in total. The Morgan fingerprint density at radius 3 is 2.46 bits per heavy atom. The normalized spacial score (nSPS) is 11.1. The third-order valence-electron chi connectivity index (χ3n) is 2.76. The number of anilines is 2. The number of aromatic hydroxyl groups is 1. The monoisotopic (exact) mass is 392 g/mol. The molecule has 12 heteroatoms. The Labute approximate surface area is 146 Å². The summed E-state index contributed by atoms with van der Waals surface area (Å²) in [6.45, 7) is 0. The summed E-state index contributed by atoms with van der Waals surface area (Å²) in [6, 6.07) is 4.15. The molecule has 0 saturated heterocycles. The first-order chi connectivity index (χ1) is 11.1. The minimum Gasteiger partial charge on any atom is -0.618 e. The Morgan fingerprint density at radius 1 is 1.21 bits per heavy atom. The second-order valence-corrected chi connectivity index (χ2v) is 6.70. The predicted molar refractivity (Wildman–Crippen MR) is 87.5 cm³/mol. The van der Waals surface area contributed by atoms with Gasteiger partial charge in [-0.15, -0.1) is 0 Å². The van der Waals surface area contributed by atoms with Gasteiger partial charge >= 0.3 is 11.2 Å². The van der Waals surface area contributed by atoms with Crippen LogP contribution in [-0.2, 0) is 10.0 Å². The second-order valence-electron chi connectivity index (χ2n) is 4.44. The Balaban J connectivity index is 2.29. The van der Waals surface area contributed by atoms with Gasteiger partial charge in [0.2, 0.25) is 10.0 Å². The maximum absolute atomic E-state index is 11.9. The number of phenols is 1. The lowest BCUT2D eigenvalue weighted by molar-refractivity contribution is -0.602. The molecule has 0 atom stereocenters. The SMILES string of the molecule is NS(=O)(=O)c1c(Cl)ccc(NC(=O)Nc2ccc[n+]([O-])c2Cl)c1O. The van der Waals surface area contributed by atoms with Gasteiger partial charge in [0.25, 0.3) is 0 Å². The van der Waals surface area contributed by atoms with E-state index in [0.29, 0.717) is 4.73 Å². The molecule has 0 aliphatic rings. The Kier molecular flexibility index (Phi) is 5.04. The van der Waals surface area contributed by atoms with Crippen molar-refractivity contribution in [2.24, 2.45) is 5.14 Å². The molecule has 2 aromatic rings. The van der Waals surface area contributed by atoms with Crippen molar-refractivity contribution in [3.63, 3.8) is 0 Å². The summed E-state index contributed by atoms with van der Waals surface area (Å²) < 4.78 is 23.2. The zero-order valence-corrected chi connectivity index (χ0v) is 14.0. The molecule has 0 spiro atoms. The van der Waals surface area contributed by atoms with Crippen LogP contribution >= 0.6 is 23.2 Å². The van der Waals surface area contributed by atoms with Crippen LogP contribution < -0.4 is 20.5 Å². The zero-order valence-electron chi connectivity index (χ0n) is 11.7. The molecule has 2 amide bonds. The number of nitrogens with zero attached hydrogens (tertiary/aromatic N) is 1. The number of aromatic nitrogens is 1. The van der Waals surface area contributed by atoms with Crippen molar-refractivity contribution in [1.29, 1.82) is 0 Å². The lowest BCUT2D eigenvalue weighted by Crippen LogP contribution is -2.29. The van der Waals surface area contributed by atoms with E-state index >= 15 is 0 Å². The summed E-state index contributed by atoms with van der Waals surface area (Å²) in [7, 11) is -4.31. The standard InChI is InChI=1S/C12H10Cl2N4O5S/c13-6-3-4-7(9(19)10(6)24(15,22)23)16-12(20)17-8-2-1-5-18(21)11(8)14/h1-5,19H,(H2,15,22,23)(H2,16,17,20). The second kappa shape index (κ2) is 6.69. The van der Waals surface area contributed by atoms with Crippen LogP contribution in [0.5, 0.6) is 5.75 Å². The number of carbonyl (C=O) groups excluding carboxylic acids is 1. The number of pyridine rings is 1. The molecular formula is C12H10Cl2N4O5S. The van der Waals surface area contributed by atoms with E-state index in [4.69, 9.17) is 28.3 Å². The van der Waals surface area contributed by atoms with Crippen molar-refractivity contribution in [2.75, 3.05) is 10.6 Å². The van der Waals surface area contributed by atoms with Gasteiger partial charge in [-0.25, -0.2) is 18.4 Å². The Hall–Kier alpha value is -2.27. The van der Waals surface area contributed by atoms with Crippen LogP contribution in [-0.4, -0.2) is 19.6 Å². The fourth-order valence-corrected chi connectivity index (χ4v) is 3.12. The summed E-state index contributed by atoms with van der Waals surface area (Å²) in [5.74, 6) is -0.821. The van der Waals surface area contributed by atoms with Crippen LogP contribution in [0.25, 0.3) is 0 Å². The van der Waals surface area contributed by atoms with Gasteiger partial charge in [0.1, 0.15) is 10.6 Å². The molecule has 1 aromatic carbocycles. The third kappa shape index (κ3) is 3.79. The molecule has 128 valence electrons. The van der Waals surface area contributed by atoms with Gasteiger partial charge in [0.05, 0.1) is 10.7 Å². The maximum atomic E-state index is 11.9. The number of nitrogens with two attached hydrogens (primary N) is 1. The highest BCUT2D eigenvalue weighted by molar-refractivity contribution is 7.89. The van der Waals surface area contributed by atoms with Crippen LogP contribution in [0.15, 0.2) is 35.4 Å². The summed E-state index contributed by atoms with van der Waals surface area (Å²) in [4.78, 5) is 11.2. The molecule has 0 saturated carbocycles. The number of halogens is 2. The van der Waals surface area contributed by atoms with Gasteiger partial charge in [-0.2, -0.15) is 4.73 Å². The minimum absolute atomic E-state index is 0.00629. The number of sulfonamides is 1. The van der Waals surface area contributed by atoms with Crippen molar-refractivity contribution in [1.82, 2.24) is 0 Å². The summed E-state index contributed by atoms with van der Waals surface area (Å²) in [5.41, 5.74) is -0.255. The van der Waals surface area contributed by atoms with Crippen LogP contribution in [0.2, 0.25) is 10.2 Å². The molecule has 1 aromatic heterocycles. The number of urea groups is 1. The molecule has 24 heavy (non-hydrogen) atoms. The average molecular weight is 393 g/mol. The quantitative estimate of drug-likeness (QED) is 0.271. The van der Waals surface area contributed by atoms with Crippen LogP contribution in [0.4, 0.5) is 16.2 Å². The average Bonchev–Trinajstić information content (AvgIpc) is 2.45.